The number of nitrogens with two attached hydrogens (primary N) is 1. The van der Waals surface area contributed by atoms with Gasteiger partial charge in [0, 0.05) is 17.7 Å². The Morgan fingerprint density at radius 3 is 2.65 bits per heavy atom. The van der Waals surface area contributed by atoms with Gasteiger partial charge in [-0.25, -0.2) is 0 Å². The Morgan fingerprint density at radius 2 is 1.92 bits per heavy atom. The standard InChI is InChI=1S/C21H32N2O3/c1-3-25-20(24)10-8-6-4-5-7-9-14-21(2)15-13-17-16-18(23-22)11-12-19(17)26-21/h11-13,15-16,23H,3-10,14,22H2,1-2H3. The van der Waals surface area contributed by atoms with E-state index in [9.17, 15) is 4.79 Å². The number of esters is 1. The average Bonchev–Trinajstić information content (AvgIpc) is 2.63. The first-order valence-corrected chi connectivity index (χ1v) is 9.71. The van der Waals surface area contributed by atoms with Crippen molar-refractivity contribution >= 4 is 17.7 Å². The maximum atomic E-state index is 11.3. The van der Waals surface area contributed by atoms with Crippen LogP contribution in [0, 0.1) is 0 Å². The van der Waals surface area contributed by atoms with Crippen LogP contribution in [-0.2, 0) is 9.53 Å². The minimum absolute atomic E-state index is 0.0729. The zero-order valence-corrected chi connectivity index (χ0v) is 16.1. The zero-order valence-electron chi connectivity index (χ0n) is 16.1. The van der Waals surface area contributed by atoms with Gasteiger partial charge in [0.2, 0.25) is 0 Å². The van der Waals surface area contributed by atoms with Crippen LogP contribution >= 0.6 is 0 Å². The van der Waals surface area contributed by atoms with E-state index in [0.29, 0.717) is 13.0 Å². The van der Waals surface area contributed by atoms with Gasteiger partial charge < -0.3 is 14.9 Å². The first-order valence-electron chi connectivity index (χ1n) is 9.71. The maximum absolute atomic E-state index is 11.3. The molecule has 1 aliphatic heterocycles. The van der Waals surface area contributed by atoms with Crippen LogP contribution in [0.3, 0.4) is 0 Å². The van der Waals surface area contributed by atoms with Crippen LogP contribution in [0.5, 0.6) is 5.75 Å². The van der Waals surface area contributed by atoms with Crippen molar-refractivity contribution in [2.45, 2.75) is 70.8 Å². The molecule has 0 spiro atoms. The number of nitrogen functional groups attached to an aromatic ring is 1. The topological polar surface area (TPSA) is 73.6 Å². The normalized spacial score (nSPS) is 18.1. The first-order chi connectivity index (χ1) is 12.6. The van der Waals surface area contributed by atoms with E-state index >= 15 is 0 Å². The number of anilines is 1. The predicted molar refractivity (Wildman–Crippen MR) is 106 cm³/mol. The summed E-state index contributed by atoms with van der Waals surface area (Å²) in [5, 5.41) is 0. The number of carbonyl (C=O) groups excluding carboxylic acids is 1. The van der Waals surface area contributed by atoms with Crippen LogP contribution in [0.25, 0.3) is 6.08 Å². The molecule has 0 fully saturated rings. The van der Waals surface area contributed by atoms with Gasteiger partial charge in [-0.2, -0.15) is 0 Å². The Balaban J connectivity index is 1.62. The summed E-state index contributed by atoms with van der Waals surface area (Å²) in [5.41, 5.74) is 4.35. The summed E-state index contributed by atoms with van der Waals surface area (Å²) in [4.78, 5) is 11.3. The Morgan fingerprint density at radius 1 is 1.19 bits per heavy atom. The second kappa shape index (κ2) is 10.2. The molecule has 1 heterocycles. The number of rotatable bonds is 11. The smallest absolute Gasteiger partial charge is 0.305 e. The van der Waals surface area contributed by atoms with Crippen molar-refractivity contribution in [2.75, 3.05) is 12.0 Å². The highest BCUT2D eigenvalue weighted by Crippen LogP contribution is 2.35. The van der Waals surface area contributed by atoms with Gasteiger partial charge in [-0.1, -0.05) is 31.8 Å². The summed E-state index contributed by atoms with van der Waals surface area (Å²) in [6, 6.07) is 5.88. The third-order valence-electron chi connectivity index (χ3n) is 4.74. The number of fused-ring (bicyclic) bond motifs is 1. The third-order valence-corrected chi connectivity index (χ3v) is 4.74. The highest BCUT2D eigenvalue weighted by molar-refractivity contribution is 5.69. The Hall–Kier alpha value is -2.01. The number of hydrogen-bond donors (Lipinski definition) is 2. The van der Waals surface area contributed by atoms with Crippen LogP contribution in [0.15, 0.2) is 24.3 Å². The van der Waals surface area contributed by atoms with E-state index in [1.54, 1.807) is 0 Å². The lowest BCUT2D eigenvalue weighted by molar-refractivity contribution is -0.143. The molecule has 1 aromatic rings. The third kappa shape index (κ3) is 6.37. The van der Waals surface area contributed by atoms with E-state index in [2.05, 4.69) is 24.5 Å². The van der Waals surface area contributed by atoms with Crippen LogP contribution < -0.4 is 16.0 Å². The van der Waals surface area contributed by atoms with E-state index in [-0.39, 0.29) is 11.6 Å². The summed E-state index contributed by atoms with van der Waals surface area (Å²) in [6.07, 6.45) is 12.5. The van der Waals surface area contributed by atoms with E-state index in [1.165, 1.54) is 19.3 Å². The lowest BCUT2D eigenvalue weighted by Crippen LogP contribution is -2.31. The largest absolute Gasteiger partial charge is 0.483 e. The SMILES string of the molecule is CCOC(=O)CCCCCCCCC1(C)C=Cc2cc(NN)ccc2O1. The monoisotopic (exact) mass is 360 g/mol. The van der Waals surface area contributed by atoms with Crippen molar-refractivity contribution < 1.29 is 14.3 Å². The quantitative estimate of drug-likeness (QED) is 0.256. The molecule has 0 saturated heterocycles. The molecule has 2 rings (SSSR count). The fourth-order valence-electron chi connectivity index (χ4n) is 3.23. The molecule has 5 heteroatoms. The summed E-state index contributed by atoms with van der Waals surface area (Å²) in [7, 11) is 0. The molecule has 0 saturated carbocycles. The second-order valence-electron chi connectivity index (χ2n) is 7.07. The van der Waals surface area contributed by atoms with Crippen LogP contribution in [0.2, 0.25) is 0 Å². The van der Waals surface area contributed by atoms with Crippen molar-refractivity contribution in [2.24, 2.45) is 5.84 Å². The molecule has 0 aromatic heterocycles. The number of benzene rings is 1. The van der Waals surface area contributed by atoms with Gasteiger partial charge in [0.15, 0.2) is 0 Å². The molecule has 144 valence electrons. The molecule has 1 aromatic carbocycles. The van der Waals surface area contributed by atoms with Gasteiger partial charge in [-0.05, 0) is 57.4 Å². The zero-order chi connectivity index (χ0) is 18.8. The van der Waals surface area contributed by atoms with Crippen molar-refractivity contribution in [1.29, 1.82) is 0 Å². The summed E-state index contributed by atoms with van der Waals surface area (Å²) < 4.78 is 11.1. The minimum Gasteiger partial charge on any atom is -0.483 e. The van der Waals surface area contributed by atoms with Crippen LogP contribution in [-0.4, -0.2) is 18.2 Å². The average molecular weight is 360 g/mol. The molecule has 1 aliphatic rings. The van der Waals surface area contributed by atoms with Crippen LogP contribution in [0.1, 0.15) is 70.8 Å². The highest BCUT2D eigenvalue weighted by Gasteiger charge is 2.26. The lowest BCUT2D eigenvalue weighted by Gasteiger charge is -2.32. The van der Waals surface area contributed by atoms with Crippen molar-refractivity contribution in [1.82, 2.24) is 0 Å². The molecule has 0 aliphatic carbocycles. The number of unbranched alkanes of at least 4 members (excludes halogenated alkanes) is 5. The number of hydrazine groups is 1. The number of nitrogens with one attached hydrogen (secondary N) is 1. The molecule has 5 nitrogen and oxygen atoms in total. The van der Waals surface area contributed by atoms with Crippen molar-refractivity contribution in [3.05, 3.63) is 29.8 Å². The number of hydrogen-bond acceptors (Lipinski definition) is 5. The molecular formula is C21H32N2O3. The van der Waals surface area contributed by atoms with Gasteiger partial charge in [0.1, 0.15) is 11.4 Å². The Labute approximate surface area is 156 Å². The van der Waals surface area contributed by atoms with E-state index < -0.39 is 0 Å². The van der Waals surface area contributed by atoms with Gasteiger partial charge in [-0.15, -0.1) is 0 Å². The molecule has 26 heavy (non-hydrogen) atoms. The Bertz CT molecular complexity index is 615. The van der Waals surface area contributed by atoms with Crippen LogP contribution in [0.4, 0.5) is 5.69 Å². The summed E-state index contributed by atoms with van der Waals surface area (Å²) in [5.74, 6) is 6.29. The first kappa shape index (κ1) is 20.3. The molecule has 0 amide bonds. The van der Waals surface area contributed by atoms with Gasteiger partial charge >= 0.3 is 5.97 Å². The van der Waals surface area contributed by atoms with E-state index in [4.69, 9.17) is 15.3 Å². The van der Waals surface area contributed by atoms with Gasteiger partial charge in [-0.3, -0.25) is 10.6 Å². The molecule has 0 radical (unpaired) electrons. The van der Waals surface area contributed by atoms with Crippen molar-refractivity contribution in [3.8, 4) is 5.75 Å². The highest BCUT2D eigenvalue weighted by atomic mass is 16.5. The van der Waals surface area contributed by atoms with Gasteiger partial charge in [0.25, 0.3) is 0 Å². The fourth-order valence-corrected chi connectivity index (χ4v) is 3.23. The molecular weight excluding hydrogens is 328 g/mol. The van der Waals surface area contributed by atoms with Gasteiger partial charge in [0.05, 0.1) is 6.61 Å². The summed E-state index contributed by atoms with van der Waals surface area (Å²) >= 11 is 0. The van der Waals surface area contributed by atoms with E-state index in [1.807, 2.05) is 25.1 Å². The molecule has 3 N–H and O–H groups in total. The fraction of sp³-hybridized carbons (Fsp3) is 0.571. The predicted octanol–water partition coefficient (Wildman–Crippen LogP) is 4.82. The minimum atomic E-state index is -0.241. The van der Waals surface area contributed by atoms with E-state index in [0.717, 1.165) is 42.7 Å². The number of ether oxygens (including phenoxy) is 2. The second-order valence-corrected chi connectivity index (χ2v) is 7.07. The molecule has 1 atom stereocenters. The Kier molecular flexibility index (Phi) is 7.98. The molecule has 0 bridgehead atoms. The molecule has 1 unspecified atom stereocenters. The van der Waals surface area contributed by atoms with Crippen molar-refractivity contribution in [3.63, 3.8) is 0 Å². The maximum Gasteiger partial charge on any atom is 0.305 e. The lowest BCUT2D eigenvalue weighted by atomic mass is 9.93. The summed E-state index contributed by atoms with van der Waals surface area (Å²) in [6.45, 7) is 4.46. The number of carbonyl (C=O) groups is 1.